The van der Waals surface area contributed by atoms with Gasteiger partial charge in [0.2, 0.25) is 0 Å². The van der Waals surface area contributed by atoms with E-state index in [0.717, 1.165) is 42.7 Å². The van der Waals surface area contributed by atoms with Gasteiger partial charge in [-0.25, -0.2) is 0 Å². The van der Waals surface area contributed by atoms with Crippen LogP contribution in [0.2, 0.25) is 0 Å². The van der Waals surface area contributed by atoms with Crippen LogP contribution < -0.4 is 14.8 Å². The fourth-order valence-corrected chi connectivity index (χ4v) is 2.63. The molecule has 20 heavy (non-hydrogen) atoms. The third kappa shape index (κ3) is 3.44. The van der Waals surface area contributed by atoms with E-state index in [4.69, 9.17) is 9.47 Å². The number of ether oxygens (including phenoxy) is 2. The molecule has 0 heterocycles. The minimum absolute atomic E-state index is 0.112. The molecule has 4 heteroatoms. The van der Waals surface area contributed by atoms with Crippen molar-refractivity contribution in [1.82, 2.24) is 5.32 Å². The molecule has 3 unspecified atom stereocenters. The summed E-state index contributed by atoms with van der Waals surface area (Å²) >= 11 is 0. The Hall–Kier alpha value is -1.26. The van der Waals surface area contributed by atoms with Crippen molar-refractivity contribution in [2.75, 3.05) is 14.2 Å². The highest BCUT2D eigenvalue weighted by Crippen LogP contribution is 2.32. The van der Waals surface area contributed by atoms with Crippen LogP contribution in [0.15, 0.2) is 18.2 Å². The zero-order valence-electron chi connectivity index (χ0n) is 12.6. The molecule has 0 aromatic heterocycles. The van der Waals surface area contributed by atoms with Gasteiger partial charge in [0.25, 0.3) is 0 Å². The topological polar surface area (TPSA) is 50.7 Å². The number of rotatable bonds is 5. The van der Waals surface area contributed by atoms with Crippen molar-refractivity contribution in [3.05, 3.63) is 23.8 Å². The first-order chi connectivity index (χ1) is 9.65. The molecule has 0 spiro atoms. The first kappa shape index (κ1) is 15.1. The minimum atomic E-state index is -0.368. The molecular weight excluding hydrogens is 254 g/mol. The van der Waals surface area contributed by atoms with Gasteiger partial charge in [-0.1, -0.05) is 12.5 Å². The Morgan fingerprint density at radius 2 is 2.05 bits per heavy atom. The first-order valence-corrected chi connectivity index (χ1v) is 7.35. The van der Waals surface area contributed by atoms with Crippen molar-refractivity contribution >= 4 is 0 Å². The maximum absolute atomic E-state index is 10.1. The lowest BCUT2D eigenvalue weighted by Gasteiger charge is -2.30. The molecule has 0 bridgehead atoms. The van der Waals surface area contributed by atoms with Crippen molar-refractivity contribution in [2.24, 2.45) is 0 Å². The second-order valence-electron chi connectivity index (χ2n) is 5.42. The average molecular weight is 279 g/mol. The second-order valence-corrected chi connectivity index (χ2v) is 5.42. The summed E-state index contributed by atoms with van der Waals surface area (Å²) in [6.45, 7) is 2.09. The summed E-state index contributed by atoms with van der Waals surface area (Å²) in [7, 11) is 3.57. The van der Waals surface area contributed by atoms with Gasteiger partial charge in [0, 0.05) is 17.7 Å². The highest BCUT2D eigenvalue weighted by molar-refractivity contribution is 5.42. The normalized spacial score (nSPS) is 24.2. The summed E-state index contributed by atoms with van der Waals surface area (Å²) < 4.78 is 11.4. The summed E-state index contributed by atoms with van der Waals surface area (Å²) in [4.78, 5) is 0. The van der Waals surface area contributed by atoms with Crippen LogP contribution in [0.25, 0.3) is 0 Å². The second kappa shape index (κ2) is 6.95. The molecule has 112 valence electrons. The van der Waals surface area contributed by atoms with E-state index < -0.39 is 0 Å². The Labute approximate surface area is 121 Å². The van der Waals surface area contributed by atoms with Crippen LogP contribution in [0.5, 0.6) is 11.5 Å². The van der Waals surface area contributed by atoms with E-state index in [1.807, 2.05) is 25.2 Å². The van der Waals surface area contributed by atoms with Crippen LogP contribution >= 0.6 is 0 Å². The predicted octanol–water partition coefficient (Wildman–Crippen LogP) is 2.66. The van der Waals surface area contributed by atoms with Gasteiger partial charge in [0.15, 0.2) is 0 Å². The monoisotopic (exact) mass is 279 g/mol. The van der Waals surface area contributed by atoms with Gasteiger partial charge in [-0.3, -0.25) is 0 Å². The lowest BCUT2D eigenvalue weighted by Crippen LogP contribution is -2.35. The molecular formula is C16H25NO3. The Morgan fingerprint density at radius 3 is 2.70 bits per heavy atom. The van der Waals surface area contributed by atoms with Crippen LogP contribution in [0.3, 0.4) is 0 Å². The molecule has 0 radical (unpaired) electrons. The smallest absolute Gasteiger partial charge is 0.128 e. The Bertz CT molecular complexity index is 436. The van der Waals surface area contributed by atoms with Gasteiger partial charge in [0.1, 0.15) is 17.6 Å². The number of aliphatic hydroxyl groups is 1. The molecule has 3 atom stereocenters. The van der Waals surface area contributed by atoms with Crippen LogP contribution in [-0.4, -0.2) is 31.5 Å². The summed E-state index contributed by atoms with van der Waals surface area (Å²) in [5.41, 5.74) is 1.09. The Morgan fingerprint density at radius 1 is 1.30 bits per heavy atom. The van der Waals surface area contributed by atoms with E-state index in [1.165, 1.54) is 0 Å². The van der Waals surface area contributed by atoms with Gasteiger partial charge < -0.3 is 19.9 Å². The molecule has 1 fully saturated rings. The van der Waals surface area contributed by atoms with Crippen LogP contribution in [0.1, 0.15) is 44.2 Å². The molecule has 1 aromatic carbocycles. The third-order valence-corrected chi connectivity index (χ3v) is 4.07. The molecule has 2 N–H and O–H groups in total. The summed E-state index contributed by atoms with van der Waals surface area (Å²) in [5.74, 6) is 1.58. The molecule has 1 aromatic rings. The molecule has 0 amide bonds. The van der Waals surface area contributed by atoms with Gasteiger partial charge in [-0.05, 0) is 39.3 Å². The average Bonchev–Trinajstić information content (AvgIpc) is 2.48. The quantitative estimate of drug-likeness (QED) is 0.870. The number of nitrogens with one attached hydrogen (secondary N) is 1. The van der Waals surface area contributed by atoms with E-state index >= 15 is 0 Å². The number of aliphatic hydroxyl groups excluding tert-OH is 1. The lowest BCUT2D eigenvalue weighted by molar-refractivity contribution is 0.00610. The van der Waals surface area contributed by atoms with Gasteiger partial charge in [-0.2, -0.15) is 0 Å². The molecule has 1 aliphatic rings. The van der Waals surface area contributed by atoms with Crippen molar-refractivity contribution in [1.29, 1.82) is 0 Å². The SMILES string of the molecule is CNC(C)c1ccc(OC)cc1OC1CCCCC1O. The Kier molecular flexibility index (Phi) is 5.26. The van der Waals surface area contributed by atoms with E-state index in [0.29, 0.717) is 0 Å². The fourth-order valence-electron chi connectivity index (χ4n) is 2.63. The number of benzene rings is 1. The van der Waals surface area contributed by atoms with E-state index in [1.54, 1.807) is 7.11 Å². The van der Waals surface area contributed by atoms with Gasteiger partial charge in [0.05, 0.1) is 13.2 Å². The Balaban J connectivity index is 2.22. The van der Waals surface area contributed by atoms with Crippen molar-refractivity contribution in [3.63, 3.8) is 0 Å². The molecule has 2 rings (SSSR count). The van der Waals surface area contributed by atoms with E-state index in [2.05, 4.69) is 12.2 Å². The maximum Gasteiger partial charge on any atom is 0.128 e. The highest BCUT2D eigenvalue weighted by Gasteiger charge is 2.26. The summed E-state index contributed by atoms with van der Waals surface area (Å²) in [6.07, 6.45) is 3.45. The van der Waals surface area contributed by atoms with Crippen LogP contribution in [0.4, 0.5) is 0 Å². The molecule has 0 aliphatic heterocycles. The zero-order chi connectivity index (χ0) is 14.5. The predicted molar refractivity (Wildman–Crippen MR) is 79.4 cm³/mol. The van der Waals surface area contributed by atoms with Crippen molar-refractivity contribution in [2.45, 2.75) is 50.9 Å². The summed E-state index contributed by atoms with van der Waals surface area (Å²) in [6, 6.07) is 6.05. The van der Waals surface area contributed by atoms with E-state index in [9.17, 15) is 5.11 Å². The van der Waals surface area contributed by atoms with Gasteiger partial charge >= 0.3 is 0 Å². The zero-order valence-corrected chi connectivity index (χ0v) is 12.6. The number of hydrogen-bond donors (Lipinski definition) is 2. The van der Waals surface area contributed by atoms with Gasteiger partial charge in [-0.15, -0.1) is 0 Å². The number of hydrogen-bond acceptors (Lipinski definition) is 4. The maximum atomic E-state index is 10.1. The first-order valence-electron chi connectivity index (χ1n) is 7.35. The van der Waals surface area contributed by atoms with Crippen molar-refractivity contribution in [3.8, 4) is 11.5 Å². The molecule has 4 nitrogen and oxygen atoms in total. The van der Waals surface area contributed by atoms with E-state index in [-0.39, 0.29) is 18.2 Å². The van der Waals surface area contributed by atoms with Crippen LogP contribution in [0, 0.1) is 0 Å². The minimum Gasteiger partial charge on any atom is -0.497 e. The largest absolute Gasteiger partial charge is 0.497 e. The summed E-state index contributed by atoms with van der Waals surface area (Å²) in [5, 5.41) is 13.3. The lowest BCUT2D eigenvalue weighted by atomic mass is 9.94. The van der Waals surface area contributed by atoms with Crippen LogP contribution in [-0.2, 0) is 0 Å². The fraction of sp³-hybridized carbons (Fsp3) is 0.625. The van der Waals surface area contributed by atoms with Crippen molar-refractivity contribution < 1.29 is 14.6 Å². The third-order valence-electron chi connectivity index (χ3n) is 4.07. The molecule has 1 aliphatic carbocycles. The highest BCUT2D eigenvalue weighted by atomic mass is 16.5. The standard InChI is InChI=1S/C16H25NO3/c1-11(17-2)13-9-8-12(19-3)10-16(13)20-15-7-5-4-6-14(15)18/h8-11,14-15,17-18H,4-7H2,1-3H3. The molecule has 1 saturated carbocycles. The molecule has 0 saturated heterocycles. The number of methoxy groups -OCH3 is 1.